The number of hydrogen-bond donors (Lipinski definition) is 0. The first-order chi connectivity index (χ1) is 11.6. The summed E-state index contributed by atoms with van der Waals surface area (Å²) in [4.78, 5) is 19.0. The Labute approximate surface area is 151 Å². The smallest absolute Gasteiger partial charge is 0.336 e. The number of carbonyl (C=O) groups excluding carboxylic acids is 1. The lowest BCUT2D eigenvalue weighted by Crippen LogP contribution is -2.29. The molecule has 2 aromatic rings. The molecule has 128 valence electrons. The second-order valence-electron chi connectivity index (χ2n) is 6.05. The molecular weight excluding hydrogens is 342 g/mol. The summed E-state index contributed by atoms with van der Waals surface area (Å²) in [5.41, 5.74) is 1.90. The predicted octanol–water partition coefficient (Wildman–Crippen LogP) is 4.80. The number of thiazole rings is 1. The van der Waals surface area contributed by atoms with Crippen molar-refractivity contribution in [3.05, 3.63) is 33.9 Å². The molecule has 0 unspecified atom stereocenters. The Morgan fingerprint density at radius 3 is 2.50 bits per heavy atom. The van der Waals surface area contributed by atoms with Gasteiger partial charge in [0.25, 0.3) is 0 Å². The number of rotatable bonds is 4. The summed E-state index contributed by atoms with van der Waals surface area (Å²) in [6.07, 6.45) is 5.25. The van der Waals surface area contributed by atoms with Crippen molar-refractivity contribution in [2.45, 2.75) is 39.0 Å². The van der Waals surface area contributed by atoms with E-state index in [2.05, 4.69) is 0 Å². The van der Waals surface area contributed by atoms with Crippen molar-refractivity contribution in [1.29, 1.82) is 0 Å². The van der Waals surface area contributed by atoms with Crippen molar-refractivity contribution in [3.8, 4) is 16.2 Å². The maximum atomic E-state index is 12.4. The third kappa shape index (κ3) is 3.54. The first-order valence-electron chi connectivity index (χ1n) is 8.19. The molecule has 1 aromatic carbocycles. The lowest BCUT2D eigenvalue weighted by atomic mass is 9.89. The summed E-state index contributed by atoms with van der Waals surface area (Å²) in [7, 11) is 1.64. The topological polar surface area (TPSA) is 40.5 Å². The molecule has 0 bridgehead atoms. The van der Waals surface area contributed by atoms with Crippen LogP contribution in [0.4, 0.5) is 0 Å². The van der Waals surface area contributed by atoms with Crippen LogP contribution < -0.4 is 9.57 Å². The standard InChI is InChI=1S/C18H21NO3S2/c1-12-16(13-8-10-15(21-2)11-9-13)24-18(23)19(12)22-17(20)14-6-4-3-5-7-14/h8-11,14H,3-7H2,1-2H3. The Morgan fingerprint density at radius 1 is 1.21 bits per heavy atom. The van der Waals surface area contributed by atoms with Crippen LogP contribution in [-0.2, 0) is 4.79 Å². The molecule has 24 heavy (non-hydrogen) atoms. The molecule has 3 rings (SSSR count). The van der Waals surface area contributed by atoms with Gasteiger partial charge in [0.05, 0.1) is 23.6 Å². The van der Waals surface area contributed by atoms with Gasteiger partial charge in [-0.15, -0.1) is 11.3 Å². The highest BCUT2D eigenvalue weighted by Crippen LogP contribution is 2.32. The zero-order valence-corrected chi connectivity index (χ0v) is 15.5. The molecule has 1 aliphatic carbocycles. The highest BCUT2D eigenvalue weighted by Gasteiger charge is 2.24. The second kappa shape index (κ2) is 7.49. The molecule has 1 aromatic heterocycles. The Morgan fingerprint density at radius 2 is 1.88 bits per heavy atom. The van der Waals surface area contributed by atoms with Crippen LogP contribution in [0.15, 0.2) is 24.3 Å². The molecule has 4 nitrogen and oxygen atoms in total. The van der Waals surface area contributed by atoms with Crippen molar-refractivity contribution in [2.24, 2.45) is 5.92 Å². The Bertz CT molecular complexity index is 771. The van der Waals surface area contributed by atoms with E-state index in [0.717, 1.165) is 47.6 Å². The van der Waals surface area contributed by atoms with E-state index in [9.17, 15) is 4.79 Å². The maximum absolute atomic E-state index is 12.4. The number of benzene rings is 1. The Kier molecular flexibility index (Phi) is 5.36. The minimum Gasteiger partial charge on any atom is -0.497 e. The van der Waals surface area contributed by atoms with Gasteiger partial charge in [-0.25, -0.2) is 4.79 Å². The van der Waals surface area contributed by atoms with Gasteiger partial charge in [0.15, 0.2) is 3.95 Å². The number of aromatic nitrogens is 1. The van der Waals surface area contributed by atoms with Gasteiger partial charge in [-0.3, -0.25) is 0 Å². The van der Waals surface area contributed by atoms with Crippen LogP contribution in [0, 0.1) is 16.8 Å². The summed E-state index contributed by atoms with van der Waals surface area (Å²) in [5.74, 6) is 0.653. The monoisotopic (exact) mass is 363 g/mol. The maximum Gasteiger partial charge on any atom is 0.336 e. The minimum absolute atomic E-state index is 0.00406. The molecule has 0 N–H and O–H groups in total. The zero-order valence-electron chi connectivity index (χ0n) is 13.9. The van der Waals surface area contributed by atoms with Gasteiger partial charge in [-0.05, 0) is 61.8 Å². The molecule has 0 atom stereocenters. The third-order valence-corrected chi connectivity index (χ3v) is 5.95. The van der Waals surface area contributed by atoms with Crippen LogP contribution in [0.3, 0.4) is 0 Å². The van der Waals surface area contributed by atoms with Crippen LogP contribution in [0.2, 0.25) is 0 Å². The lowest BCUT2D eigenvalue weighted by molar-refractivity contribution is -0.150. The number of carbonyl (C=O) groups is 1. The fourth-order valence-corrected chi connectivity index (χ4v) is 4.39. The van der Waals surface area contributed by atoms with Crippen molar-refractivity contribution in [1.82, 2.24) is 4.73 Å². The highest BCUT2D eigenvalue weighted by molar-refractivity contribution is 7.73. The number of ether oxygens (including phenoxy) is 1. The number of methoxy groups -OCH3 is 1. The van der Waals surface area contributed by atoms with E-state index < -0.39 is 0 Å². The van der Waals surface area contributed by atoms with Crippen LogP contribution in [0.25, 0.3) is 10.4 Å². The van der Waals surface area contributed by atoms with E-state index in [0.29, 0.717) is 3.95 Å². The van der Waals surface area contributed by atoms with Gasteiger partial charge >= 0.3 is 5.97 Å². The first-order valence-corrected chi connectivity index (χ1v) is 9.41. The quantitative estimate of drug-likeness (QED) is 0.732. The van der Waals surface area contributed by atoms with Gasteiger partial charge in [0.1, 0.15) is 5.75 Å². The van der Waals surface area contributed by atoms with Gasteiger partial charge in [-0.2, -0.15) is 4.73 Å². The summed E-state index contributed by atoms with van der Waals surface area (Å²) in [5, 5.41) is 0. The van der Waals surface area contributed by atoms with E-state index in [4.69, 9.17) is 21.8 Å². The normalized spacial score (nSPS) is 15.2. The van der Waals surface area contributed by atoms with Crippen LogP contribution in [0.5, 0.6) is 5.75 Å². The molecule has 1 aliphatic rings. The van der Waals surface area contributed by atoms with Gasteiger partial charge in [0.2, 0.25) is 0 Å². The SMILES string of the molecule is COc1ccc(-c2sc(=S)n(OC(=O)C3CCCCC3)c2C)cc1. The average molecular weight is 364 g/mol. The average Bonchev–Trinajstić information content (AvgIpc) is 2.90. The molecule has 6 heteroatoms. The second-order valence-corrected chi connectivity index (χ2v) is 7.69. The van der Waals surface area contributed by atoms with Crippen LogP contribution >= 0.6 is 23.6 Å². The Hall–Kier alpha value is -1.66. The molecule has 1 fully saturated rings. The number of hydrogen-bond acceptors (Lipinski definition) is 5. The van der Waals surface area contributed by atoms with Gasteiger partial charge in [0, 0.05) is 0 Å². The summed E-state index contributed by atoms with van der Waals surface area (Å²) >= 11 is 6.86. The van der Waals surface area contributed by atoms with Crippen molar-refractivity contribution in [2.75, 3.05) is 7.11 Å². The van der Waals surface area contributed by atoms with Gasteiger partial charge in [-0.1, -0.05) is 19.3 Å². The summed E-state index contributed by atoms with van der Waals surface area (Å²) in [6, 6.07) is 7.80. The van der Waals surface area contributed by atoms with E-state index in [1.54, 1.807) is 7.11 Å². The zero-order chi connectivity index (χ0) is 17.1. The molecule has 0 saturated heterocycles. The third-order valence-electron chi connectivity index (χ3n) is 4.46. The van der Waals surface area contributed by atoms with Crippen molar-refractivity contribution < 1.29 is 14.4 Å². The summed E-state index contributed by atoms with van der Waals surface area (Å²) in [6.45, 7) is 1.93. The highest BCUT2D eigenvalue weighted by atomic mass is 32.1. The molecule has 0 amide bonds. The number of nitrogens with zero attached hydrogens (tertiary/aromatic N) is 1. The fourth-order valence-electron chi connectivity index (χ4n) is 3.05. The van der Waals surface area contributed by atoms with E-state index in [-0.39, 0.29) is 11.9 Å². The molecular formula is C18H21NO3S2. The van der Waals surface area contributed by atoms with Crippen LogP contribution in [-0.4, -0.2) is 17.8 Å². The van der Waals surface area contributed by atoms with Crippen molar-refractivity contribution in [3.63, 3.8) is 0 Å². The molecule has 0 radical (unpaired) electrons. The fraction of sp³-hybridized carbons (Fsp3) is 0.444. The van der Waals surface area contributed by atoms with Gasteiger partial charge < -0.3 is 9.57 Å². The molecule has 1 heterocycles. The molecule has 0 aliphatic heterocycles. The van der Waals surface area contributed by atoms with Crippen LogP contribution in [0.1, 0.15) is 37.8 Å². The van der Waals surface area contributed by atoms with E-state index in [1.807, 2.05) is 31.2 Å². The first kappa shape index (κ1) is 17.2. The predicted molar refractivity (Wildman–Crippen MR) is 98.0 cm³/mol. The van der Waals surface area contributed by atoms with E-state index in [1.165, 1.54) is 22.5 Å². The molecule has 1 saturated carbocycles. The van der Waals surface area contributed by atoms with Crippen molar-refractivity contribution >= 4 is 29.5 Å². The summed E-state index contributed by atoms with van der Waals surface area (Å²) < 4.78 is 7.26. The molecule has 0 spiro atoms. The van der Waals surface area contributed by atoms with E-state index >= 15 is 0 Å². The Balaban J connectivity index is 1.83. The largest absolute Gasteiger partial charge is 0.497 e. The minimum atomic E-state index is -0.159. The lowest BCUT2D eigenvalue weighted by Gasteiger charge is -2.19.